The maximum absolute atomic E-state index is 3.34. The summed E-state index contributed by atoms with van der Waals surface area (Å²) >= 11 is 0. The monoisotopic (exact) mass is 217 g/mol. The highest BCUT2D eigenvalue weighted by molar-refractivity contribution is 5.14. The van der Waals surface area contributed by atoms with E-state index in [0.717, 1.165) is 11.8 Å². The summed E-state index contributed by atoms with van der Waals surface area (Å²) in [5, 5.41) is 3.34. The zero-order valence-corrected chi connectivity index (χ0v) is 10.3. The Morgan fingerprint density at radius 3 is 2.62 bits per heavy atom. The van der Waals surface area contributed by atoms with Gasteiger partial charge in [-0.05, 0) is 50.3 Å². The number of hydrogen-bond donors (Lipinski definition) is 1. The van der Waals surface area contributed by atoms with Crippen molar-refractivity contribution >= 4 is 0 Å². The summed E-state index contributed by atoms with van der Waals surface area (Å²) in [4.78, 5) is 0. The van der Waals surface area contributed by atoms with Crippen molar-refractivity contribution in [3.05, 3.63) is 35.9 Å². The highest BCUT2D eigenvalue weighted by Crippen LogP contribution is 2.34. The third-order valence-corrected chi connectivity index (χ3v) is 3.93. The molecule has 0 aliphatic heterocycles. The summed E-state index contributed by atoms with van der Waals surface area (Å²) in [5.74, 6) is 1.88. The van der Waals surface area contributed by atoms with Crippen molar-refractivity contribution in [3.8, 4) is 0 Å². The summed E-state index contributed by atoms with van der Waals surface area (Å²) in [6.45, 7) is 1.21. The molecule has 0 bridgehead atoms. The first-order chi connectivity index (χ1) is 7.90. The Balaban J connectivity index is 1.81. The lowest BCUT2D eigenvalue weighted by Gasteiger charge is -2.19. The van der Waals surface area contributed by atoms with Crippen molar-refractivity contribution < 1.29 is 0 Å². The largest absolute Gasteiger partial charge is 0.319 e. The topological polar surface area (TPSA) is 12.0 Å². The number of benzene rings is 1. The standard InChI is InChI=1S/C15H23N/c1-16-12-15-9-5-8-14(15)11-10-13-6-3-2-4-7-13/h2-4,6-7,14-16H,5,8-12H2,1H3. The quantitative estimate of drug-likeness (QED) is 0.798. The average Bonchev–Trinajstić information content (AvgIpc) is 2.76. The molecule has 2 unspecified atom stereocenters. The highest BCUT2D eigenvalue weighted by atomic mass is 14.8. The molecule has 1 heteroatoms. The van der Waals surface area contributed by atoms with E-state index in [-0.39, 0.29) is 0 Å². The van der Waals surface area contributed by atoms with Crippen LogP contribution in [0.2, 0.25) is 0 Å². The molecule has 0 saturated heterocycles. The van der Waals surface area contributed by atoms with E-state index < -0.39 is 0 Å². The van der Waals surface area contributed by atoms with E-state index >= 15 is 0 Å². The van der Waals surface area contributed by atoms with Gasteiger partial charge in [-0.2, -0.15) is 0 Å². The van der Waals surface area contributed by atoms with Crippen molar-refractivity contribution in [1.29, 1.82) is 0 Å². The van der Waals surface area contributed by atoms with E-state index in [4.69, 9.17) is 0 Å². The molecule has 1 fully saturated rings. The first-order valence-electron chi connectivity index (χ1n) is 6.58. The summed E-state index contributed by atoms with van der Waals surface area (Å²) in [6.07, 6.45) is 6.94. The lowest BCUT2D eigenvalue weighted by molar-refractivity contribution is 0.355. The molecule has 0 spiro atoms. The van der Waals surface area contributed by atoms with Crippen molar-refractivity contribution in [2.24, 2.45) is 11.8 Å². The Morgan fingerprint density at radius 1 is 1.12 bits per heavy atom. The van der Waals surface area contributed by atoms with Gasteiger partial charge in [0.15, 0.2) is 0 Å². The van der Waals surface area contributed by atoms with E-state index in [1.165, 1.54) is 44.2 Å². The van der Waals surface area contributed by atoms with Gasteiger partial charge in [-0.25, -0.2) is 0 Å². The molecule has 1 aromatic carbocycles. The molecule has 2 atom stereocenters. The lowest BCUT2D eigenvalue weighted by atomic mass is 9.90. The number of nitrogens with one attached hydrogen (secondary N) is 1. The van der Waals surface area contributed by atoms with Gasteiger partial charge >= 0.3 is 0 Å². The van der Waals surface area contributed by atoms with Crippen LogP contribution in [0, 0.1) is 11.8 Å². The Morgan fingerprint density at radius 2 is 1.88 bits per heavy atom. The van der Waals surface area contributed by atoms with E-state index in [2.05, 4.69) is 42.7 Å². The minimum Gasteiger partial charge on any atom is -0.319 e. The van der Waals surface area contributed by atoms with Crippen molar-refractivity contribution in [1.82, 2.24) is 5.32 Å². The van der Waals surface area contributed by atoms with Gasteiger partial charge in [0.25, 0.3) is 0 Å². The zero-order chi connectivity index (χ0) is 11.2. The van der Waals surface area contributed by atoms with Crippen molar-refractivity contribution in [3.63, 3.8) is 0 Å². The van der Waals surface area contributed by atoms with Crippen LogP contribution in [0.1, 0.15) is 31.2 Å². The van der Waals surface area contributed by atoms with Crippen LogP contribution in [0.3, 0.4) is 0 Å². The molecule has 1 nitrogen and oxygen atoms in total. The Hall–Kier alpha value is -0.820. The number of hydrogen-bond acceptors (Lipinski definition) is 1. The average molecular weight is 217 g/mol. The molecule has 1 N–H and O–H groups in total. The third-order valence-electron chi connectivity index (χ3n) is 3.93. The predicted octanol–water partition coefficient (Wildman–Crippen LogP) is 3.25. The van der Waals surface area contributed by atoms with E-state index in [9.17, 15) is 0 Å². The number of rotatable bonds is 5. The maximum atomic E-state index is 3.34. The SMILES string of the molecule is CNCC1CCCC1CCc1ccccc1. The molecule has 0 amide bonds. The fraction of sp³-hybridized carbons (Fsp3) is 0.600. The molecule has 0 aromatic heterocycles. The van der Waals surface area contributed by atoms with Crippen molar-refractivity contribution in [2.45, 2.75) is 32.1 Å². The van der Waals surface area contributed by atoms with Crippen LogP contribution in [0.15, 0.2) is 30.3 Å². The fourth-order valence-electron chi connectivity index (χ4n) is 3.02. The van der Waals surface area contributed by atoms with E-state index in [1.807, 2.05) is 0 Å². The van der Waals surface area contributed by atoms with Crippen LogP contribution in [-0.4, -0.2) is 13.6 Å². The smallest absolute Gasteiger partial charge is 0.00209 e. The van der Waals surface area contributed by atoms with Crippen LogP contribution in [-0.2, 0) is 6.42 Å². The maximum Gasteiger partial charge on any atom is -0.00209 e. The molecule has 0 radical (unpaired) electrons. The second kappa shape index (κ2) is 6.05. The molecule has 2 rings (SSSR count). The normalized spacial score (nSPS) is 24.8. The van der Waals surface area contributed by atoms with E-state index in [1.54, 1.807) is 0 Å². The summed E-state index contributed by atoms with van der Waals surface area (Å²) in [7, 11) is 2.08. The second-order valence-electron chi connectivity index (χ2n) is 5.03. The molecule has 0 heterocycles. The Labute approximate surface area is 99.3 Å². The second-order valence-corrected chi connectivity index (χ2v) is 5.03. The van der Waals surface area contributed by atoms with Crippen LogP contribution in [0.4, 0.5) is 0 Å². The third kappa shape index (κ3) is 3.08. The molecular formula is C15H23N. The van der Waals surface area contributed by atoms with Gasteiger partial charge < -0.3 is 5.32 Å². The van der Waals surface area contributed by atoms with Gasteiger partial charge in [-0.3, -0.25) is 0 Å². The van der Waals surface area contributed by atoms with Gasteiger partial charge in [-0.15, -0.1) is 0 Å². The van der Waals surface area contributed by atoms with Gasteiger partial charge in [0.2, 0.25) is 0 Å². The van der Waals surface area contributed by atoms with Gasteiger partial charge in [-0.1, -0.05) is 43.2 Å². The summed E-state index contributed by atoms with van der Waals surface area (Å²) in [6, 6.07) is 10.9. The molecule has 1 saturated carbocycles. The van der Waals surface area contributed by atoms with Crippen LogP contribution in [0.25, 0.3) is 0 Å². The first kappa shape index (κ1) is 11.7. The predicted molar refractivity (Wildman–Crippen MR) is 69.5 cm³/mol. The molecule has 1 aromatic rings. The highest BCUT2D eigenvalue weighted by Gasteiger charge is 2.25. The summed E-state index contributed by atoms with van der Waals surface area (Å²) in [5.41, 5.74) is 1.50. The van der Waals surface area contributed by atoms with E-state index in [0.29, 0.717) is 0 Å². The minimum atomic E-state index is 0.925. The van der Waals surface area contributed by atoms with Crippen LogP contribution in [0.5, 0.6) is 0 Å². The number of aryl methyl sites for hydroxylation is 1. The van der Waals surface area contributed by atoms with Gasteiger partial charge in [0, 0.05) is 0 Å². The fourth-order valence-corrected chi connectivity index (χ4v) is 3.02. The Kier molecular flexibility index (Phi) is 4.41. The van der Waals surface area contributed by atoms with Gasteiger partial charge in [0.05, 0.1) is 0 Å². The summed E-state index contributed by atoms with van der Waals surface area (Å²) < 4.78 is 0. The molecule has 1 aliphatic carbocycles. The minimum absolute atomic E-state index is 0.925. The lowest BCUT2D eigenvalue weighted by Crippen LogP contribution is -2.22. The molecule has 16 heavy (non-hydrogen) atoms. The molecular weight excluding hydrogens is 194 g/mol. The Bertz CT molecular complexity index is 294. The molecule has 88 valence electrons. The van der Waals surface area contributed by atoms with Crippen LogP contribution < -0.4 is 5.32 Å². The zero-order valence-electron chi connectivity index (χ0n) is 10.3. The van der Waals surface area contributed by atoms with Gasteiger partial charge in [0.1, 0.15) is 0 Å². The van der Waals surface area contributed by atoms with Crippen molar-refractivity contribution in [2.75, 3.05) is 13.6 Å². The molecule has 1 aliphatic rings. The first-order valence-corrected chi connectivity index (χ1v) is 6.58. The van der Waals surface area contributed by atoms with Crippen LogP contribution >= 0.6 is 0 Å².